The highest BCUT2D eigenvalue weighted by molar-refractivity contribution is 7.80. The van der Waals surface area contributed by atoms with Crippen LogP contribution in [0.4, 0.5) is 11.4 Å². The van der Waals surface area contributed by atoms with Crippen LogP contribution in [0.3, 0.4) is 0 Å². The first-order valence-corrected chi connectivity index (χ1v) is 9.30. The third-order valence-corrected chi connectivity index (χ3v) is 4.57. The van der Waals surface area contributed by atoms with E-state index in [0.29, 0.717) is 11.2 Å². The minimum absolute atomic E-state index is 0.0464. The molecule has 0 radical (unpaired) electrons. The molecule has 9 nitrogen and oxygen atoms in total. The standard InChI is InChI=1S/C17H15N5O4S2/c1-3-26-13-7-5-10(8-12(13)22(24)25)16(23)19-17(27)18-14-9(2)4-6-11-15(14)21-28-20-11/h4-8H,3H2,1-2H3,(H2,18,19,23,27). The lowest BCUT2D eigenvalue weighted by Gasteiger charge is -2.12. The first-order valence-electron chi connectivity index (χ1n) is 8.16. The molecule has 144 valence electrons. The van der Waals surface area contributed by atoms with Crippen molar-refractivity contribution in [1.82, 2.24) is 14.1 Å². The van der Waals surface area contributed by atoms with Crippen LogP contribution in [0.25, 0.3) is 11.0 Å². The second-order valence-corrected chi connectivity index (χ2v) is 6.61. The van der Waals surface area contributed by atoms with Gasteiger partial charge in [-0.05, 0) is 49.8 Å². The van der Waals surface area contributed by atoms with Crippen LogP contribution in [0, 0.1) is 17.0 Å². The summed E-state index contributed by atoms with van der Waals surface area (Å²) in [7, 11) is 0. The van der Waals surface area contributed by atoms with Gasteiger partial charge in [0.05, 0.1) is 28.9 Å². The lowest BCUT2D eigenvalue weighted by molar-refractivity contribution is -0.385. The number of fused-ring (bicyclic) bond motifs is 1. The van der Waals surface area contributed by atoms with E-state index in [2.05, 4.69) is 19.4 Å². The minimum atomic E-state index is -0.600. The van der Waals surface area contributed by atoms with Crippen LogP contribution in [0.2, 0.25) is 0 Å². The summed E-state index contributed by atoms with van der Waals surface area (Å²) in [6.07, 6.45) is 0. The van der Waals surface area contributed by atoms with Crippen molar-refractivity contribution in [3.8, 4) is 5.75 Å². The number of hydrogen-bond donors (Lipinski definition) is 2. The third-order valence-electron chi connectivity index (χ3n) is 3.82. The summed E-state index contributed by atoms with van der Waals surface area (Å²) < 4.78 is 13.6. The topological polar surface area (TPSA) is 119 Å². The molecule has 1 amide bonds. The maximum absolute atomic E-state index is 12.5. The van der Waals surface area contributed by atoms with E-state index in [1.165, 1.54) is 12.1 Å². The van der Waals surface area contributed by atoms with Gasteiger partial charge in [-0.15, -0.1) is 0 Å². The van der Waals surface area contributed by atoms with Crippen LogP contribution in [-0.2, 0) is 0 Å². The Bertz CT molecular complexity index is 1080. The summed E-state index contributed by atoms with van der Waals surface area (Å²) in [4.78, 5) is 23.1. The largest absolute Gasteiger partial charge is 0.487 e. The highest BCUT2D eigenvalue weighted by Gasteiger charge is 2.19. The molecule has 1 heterocycles. The maximum atomic E-state index is 12.5. The van der Waals surface area contributed by atoms with Gasteiger partial charge in [-0.1, -0.05) is 6.07 Å². The van der Waals surface area contributed by atoms with E-state index in [1.54, 1.807) is 6.92 Å². The predicted molar refractivity (Wildman–Crippen MR) is 110 cm³/mol. The van der Waals surface area contributed by atoms with Crippen molar-refractivity contribution in [3.63, 3.8) is 0 Å². The summed E-state index contributed by atoms with van der Waals surface area (Å²) in [6.45, 7) is 3.87. The highest BCUT2D eigenvalue weighted by atomic mass is 32.1. The number of nitro benzene ring substituents is 1. The zero-order valence-electron chi connectivity index (χ0n) is 14.9. The summed E-state index contributed by atoms with van der Waals surface area (Å²) in [5, 5.41) is 16.7. The molecule has 0 saturated carbocycles. The minimum Gasteiger partial charge on any atom is -0.487 e. The van der Waals surface area contributed by atoms with E-state index < -0.39 is 10.8 Å². The number of carbonyl (C=O) groups is 1. The molecule has 0 fully saturated rings. The normalized spacial score (nSPS) is 10.5. The number of nitro groups is 1. The first-order chi connectivity index (χ1) is 13.4. The SMILES string of the molecule is CCOc1ccc(C(=O)NC(=S)Nc2c(C)ccc3nsnc23)cc1[N+](=O)[O-]. The predicted octanol–water partition coefficient (Wildman–Crippen LogP) is 3.43. The number of nitrogens with zero attached hydrogens (tertiary/aromatic N) is 3. The van der Waals surface area contributed by atoms with Crippen molar-refractivity contribution >= 4 is 57.4 Å². The molecule has 0 unspecified atom stereocenters. The number of nitrogens with one attached hydrogen (secondary N) is 2. The van der Waals surface area contributed by atoms with Crippen molar-refractivity contribution in [2.75, 3.05) is 11.9 Å². The second kappa shape index (κ2) is 8.23. The number of benzene rings is 2. The lowest BCUT2D eigenvalue weighted by atomic mass is 10.1. The van der Waals surface area contributed by atoms with Crippen molar-refractivity contribution < 1.29 is 14.5 Å². The highest BCUT2D eigenvalue weighted by Crippen LogP contribution is 2.28. The Balaban J connectivity index is 1.78. The van der Waals surface area contributed by atoms with Gasteiger partial charge in [0, 0.05) is 11.6 Å². The average molecular weight is 417 g/mol. The molecule has 0 spiro atoms. The van der Waals surface area contributed by atoms with Crippen molar-refractivity contribution in [2.24, 2.45) is 0 Å². The number of anilines is 1. The van der Waals surface area contributed by atoms with Crippen molar-refractivity contribution in [2.45, 2.75) is 13.8 Å². The molecule has 0 saturated heterocycles. The fourth-order valence-electron chi connectivity index (χ4n) is 2.51. The van der Waals surface area contributed by atoms with E-state index in [1.807, 2.05) is 19.1 Å². The van der Waals surface area contributed by atoms with Crippen LogP contribution >= 0.6 is 23.9 Å². The molecule has 0 aliphatic carbocycles. The van der Waals surface area contributed by atoms with Crippen molar-refractivity contribution in [3.05, 3.63) is 51.6 Å². The Labute approximate surface area is 169 Å². The Morgan fingerprint density at radius 1 is 1.32 bits per heavy atom. The van der Waals surface area contributed by atoms with Crippen LogP contribution in [0.1, 0.15) is 22.8 Å². The molecule has 28 heavy (non-hydrogen) atoms. The summed E-state index contributed by atoms with van der Waals surface area (Å²) >= 11 is 6.29. The van der Waals surface area contributed by atoms with Crippen LogP contribution in [0.15, 0.2) is 30.3 Å². The van der Waals surface area contributed by atoms with Gasteiger partial charge in [0.15, 0.2) is 10.9 Å². The molecule has 3 rings (SSSR count). The van der Waals surface area contributed by atoms with E-state index in [0.717, 1.165) is 28.9 Å². The van der Waals surface area contributed by atoms with Crippen LogP contribution < -0.4 is 15.4 Å². The molecule has 0 bridgehead atoms. The summed E-state index contributed by atoms with van der Waals surface area (Å²) in [6, 6.07) is 7.69. The quantitative estimate of drug-likeness (QED) is 0.368. The number of ether oxygens (including phenoxy) is 1. The zero-order valence-corrected chi connectivity index (χ0v) is 16.5. The fourth-order valence-corrected chi connectivity index (χ4v) is 3.25. The number of amides is 1. The molecular formula is C17H15N5O4S2. The Morgan fingerprint density at radius 3 is 2.82 bits per heavy atom. The summed E-state index contributed by atoms with van der Waals surface area (Å²) in [5.41, 5.74) is 2.70. The molecule has 3 aromatic rings. The molecule has 11 heteroatoms. The zero-order chi connectivity index (χ0) is 20.3. The van der Waals surface area contributed by atoms with E-state index in [9.17, 15) is 14.9 Å². The average Bonchev–Trinajstić information content (AvgIpc) is 3.13. The molecule has 2 N–H and O–H groups in total. The maximum Gasteiger partial charge on any atom is 0.311 e. The first kappa shape index (κ1) is 19.6. The molecule has 1 aromatic heterocycles. The number of rotatable bonds is 5. The Morgan fingerprint density at radius 2 is 2.11 bits per heavy atom. The second-order valence-electron chi connectivity index (χ2n) is 5.67. The number of aryl methyl sites for hydroxylation is 1. The van der Waals surface area contributed by atoms with Crippen LogP contribution in [-0.4, -0.2) is 31.3 Å². The fraction of sp³-hybridized carbons (Fsp3) is 0.176. The molecule has 0 aliphatic rings. The van der Waals surface area contributed by atoms with Crippen molar-refractivity contribution in [1.29, 1.82) is 0 Å². The summed E-state index contributed by atoms with van der Waals surface area (Å²) in [5.74, 6) is -0.479. The van der Waals surface area contributed by atoms with Gasteiger partial charge >= 0.3 is 5.69 Å². The monoisotopic (exact) mass is 417 g/mol. The lowest BCUT2D eigenvalue weighted by Crippen LogP contribution is -2.34. The van der Waals surface area contributed by atoms with Crippen LogP contribution in [0.5, 0.6) is 5.75 Å². The van der Waals surface area contributed by atoms with Gasteiger partial charge in [-0.3, -0.25) is 20.2 Å². The molecular weight excluding hydrogens is 402 g/mol. The van der Waals surface area contributed by atoms with E-state index >= 15 is 0 Å². The number of aromatic nitrogens is 2. The van der Waals surface area contributed by atoms with Gasteiger partial charge in [-0.2, -0.15) is 8.75 Å². The molecule has 0 aliphatic heterocycles. The van der Waals surface area contributed by atoms with Gasteiger partial charge in [0.2, 0.25) is 0 Å². The Hall–Kier alpha value is -3.18. The smallest absolute Gasteiger partial charge is 0.311 e. The van der Waals surface area contributed by atoms with Gasteiger partial charge in [0.25, 0.3) is 5.91 Å². The molecule has 2 aromatic carbocycles. The van der Waals surface area contributed by atoms with Gasteiger partial charge < -0.3 is 10.1 Å². The Kier molecular flexibility index (Phi) is 5.76. The number of thiocarbonyl (C=S) groups is 1. The van der Waals surface area contributed by atoms with Gasteiger partial charge in [-0.25, -0.2) is 0 Å². The molecule has 0 atom stereocenters. The van der Waals surface area contributed by atoms with E-state index in [4.69, 9.17) is 17.0 Å². The van der Waals surface area contributed by atoms with Gasteiger partial charge in [0.1, 0.15) is 11.0 Å². The number of hydrogen-bond acceptors (Lipinski definition) is 8. The van der Waals surface area contributed by atoms with E-state index in [-0.39, 0.29) is 28.7 Å². The number of carbonyl (C=O) groups excluding carboxylic acids is 1. The third kappa shape index (κ3) is 4.05.